The fourth-order valence-electron chi connectivity index (χ4n) is 5.29. The Balaban J connectivity index is 3.23. The molecule has 0 N–H and O–H groups in total. The monoisotopic (exact) mass is 567 g/mol. The largest absolute Gasteiger partial charge is 0.466 e. The fourth-order valence-corrected chi connectivity index (χ4v) is 5.29. The van der Waals surface area contributed by atoms with E-state index < -0.39 is 0 Å². The maximum atomic E-state index is 11.9. The molecule has 0 aromatic rings. The average Bonchev–Trinajstić information content (AvgIpc) is 2.95. The molecule has 238 valence electrons. The van der Waals surface area contributed by atoms with Crippen molar-refractivity contribution in [1.29, 1.82) is 0 Å². The van der Waals surface area contributed by atoms with Crippen LogP contribution in [-0.4, -0.2) is 25.2 Å². The number of unbranched alkanes of at least 4 members (excludes halogenated alkanes) is 25. The normalized spacial score (nSPS) is 11.2. The van der Waals surface area contributed by atoms with E-state index in [1.54, 1.807) is 0 Å². The zero-order valence-corrected chi connectivity index (χ0v) is 27.3. The molecule has 0 fully saturated rings. The summed E-state index contributed by atoms with van der Waals surface area (Å²) in [7, 11) is 0. The van der Waals surface area contributed by atoms with Crippen molar-refractivity contribution in [3.63, 3.8) is 0 Å². The standard InChI is InChI=1S/C36H70O4/c1-3-5-7-9-11-13-15-17-19-23-27-31-35(37)39-33-29-25-21-22-26-30-34-40-36(38)32-28-24-20-18-16-14-12-10-8-6-4-2/h3-34H2,1-2H3. The summed E-state index contributed by atoms with van der Waals surface area (Å²) in [5.74, 6) is -0.0446. The van der Waals surface area contributed by atoms with Gasteiger partial charge in [-0.2, -0.15) is 0 Å². The molecule has 4 heteroatoms. The van der Waals surface area contributed by atoms with Crippen LogP contribution in [0.2, 0.25) is 0 Å². The van der Waals surface area contributed by atoms with Crippen LogP contribution in [0.15, 0.2) is 0 Å². The van der Waals surface area contributed by atoms with E-state index >= 15 is 0 Å². The van der Waals surface area contributed by atoms with Crippen molar-refractivity contribution in [3.05, 3.63) is 0 Å². The topological polar surface area (TPSA) is 52.6 Å². The highest BCUT2D eigenvalue weighted by Gasteiger charge is 2.04. The number of carbonyl (C=O) groups is 2. The van der Waals surface area contributed by atoms with Crippen molar-refractivity contribution in [2.45, 2.75) is 206 Å². The Hall–Kier alpha value is -1.06. The number of esters is 2. The van der Waals surface area contributed by atoms with Gasteiger partial charge in [0, 0.05) is 12.8 Å². The van der Waals surface area contributed by atoms with Crippen LogP contribution in [0.3, 0.4) is 0 Å². The number of hydrogen-bond donors (Lipinski definition) is 0. The quantitative estimate of drug-likeness (QED) is 0.0585. The summed E-state index contributed by atoms with van der Waals surface area (Å²) in [5, 5.41) is 0. The zero-order valence-electron chi connectivity index (χ0n) is 27.3. The van der Waals surface area contributed by atoms with Crippen LogP contribution in [0.1, 0.15) is 206 Å². The molecule has 0 aromatic heterocycles. The Morgan fingerprint density at radius 3 is 0.825 bits per heavy atom. The predicted octanol–water partition coefficient (Wildman–Crippen LogP) is 11.8. The fraction of sp³-hybridized carbons (Fsp3) is 0.944. The minimum atomic E-state index is -0.0223. The van der Waals surface area contributed by atoms with E-state index in [9.17, 15) is 9.59 Å². The van der Waals surface area contributed by atoms with Crippen LogP contribution in [0.5, 0.6) is 0 Å². The summed E-state index contributed by atoms with van der Waals surface area (Å²) in [6.45, 7) is 5.66. The summed E-state index contributed by atoms with van der Waals surface area (Å²) in [6, 6.07) is 0. The lowest BCUT2D eigenvalue weighted by atomic mass is 10.1. The van der Waals surface area contributed by atoms with Crippen molar-refractivity contribution in [2.24, 2.45) is 0 Å². The SMILES string of the molecule is CCCCCCCCCCCCCC(=O)OCCCCCCCCOC(=O)CCCCCCCCCCCCC. The van der Waals surface area contributed by atoms with Crippen molar-refractivity contribution >= 4 is 11.9 Å². The van der Waals surface area contributed by atoms with Gasteiger partial charge in [0.25, 0.3) is 0 Å². The molecule has 0 amide bonds. The molecule has 0 aliphatic heterocycles. The van der Waals surface area contributed by atoms with Gasteiger partial charge in [-0.25, -0.2) is 0 Å². The zero-order chi connectivity index (χ0) is 29.2. The van der Waals surface area contributed by atoms with Gasteiger partial charge in [0.05, 0.1) is 13.2 Å². The van der Waals surface area contributed by atoms with Crippen molar-refractivity contribution in [3.8, 4) is 0 Å². The Labute approximate surface area is 250 Å². The summed E-state index contributed by atoms with van der Waals surface area (Å²) < 4.78 is 10.8. The van der Waals surface area contributed by atoms with Crippen LogP contribution >= 0.6 is 0 Å². The van der Waals surface area contributed by atoms with E-state index in [0.29, 0.717) is 26.1 Å². The molecule has 0 unspecified atom stereocenters. The van der Waals surface area contributed by atoms with E-state index in [1.165, 1.54) is 116 Å². The molecule has 0 aliphatic carbocycles. The second-order valence-electron chi connectivity index (χ2n) is 12.1. The molecule has 0 spiro atoms. The molecule has 0 aromatic carbocycles. The first kappa shape index (κ1) is 38.9. The molecule has 0 saturated carbocycles. The summed E-state index contributed by atoms with van der Waals surface area (Å²) >= 11 is 0. The first-order chi connectivity index (χ1) is 19.7. The van der Waals surface area contributed by atoms with Crippen molar-refractivity contribution in [2.75, 3.05) is 13.2 Å². The minimum Gasteiger partial charge on any atom is -0.466 e. The highest BCUT2D eigenvalue weighted by atomic mass is 16.5. The Kier molecular flexibility index (Phi) is 33.2. The van der Waals surface area contributed by atoms with Gasteiger partial charge in [-0.05, 0) is 25.7 Å². The first-order valence-electron chi connectivity index (χ1n) is 18.0. The molecule has 0 radical (unpaired) electrons. The highest BCUT2D eigenvalue weighted by molar-refractivity contribution is 5.69. The number of carbonyl (C=O) groups excluding carboxylic acids is 2. The molecular formula is C36H70O4. The first-order valence-corrected chi connectivity index (χ1v) is 18.0. The van der Waals surface area contributed by atoms with Gasteiger partial charge in [0.15, 0.2) is 0 Å². The van der Waals surface area contributed by atoms with Gasteiger partial charge < -0.3 is 9.47 Å². The van der Waals surface area contributed by atoms with Gasteiger partial charge in [-0.3, -0.25) is 9.59 Å². The van der Waals surface area contributed by atoms with Gasteiger partial charge >= 0.3 is 11.9 Å². The third-order valence-corrected chi connectivity index (χ3v) is 8.03. The summed E-state index contributed by atoms with van der Waals surface area (Å²) in [4.78, 5) is 23.8. The lowest BCUT2D eigenvalue weighted by Crippen LogP contribution is -2.06. The van der Waals surface area contributed by atoms with Crippen LogP contribution in [0.4, 0.5) is 0 Å². The van der Waals surface area contributed by atoms with E-state index in [1.807, 2.05) is 0 Å². The van der Waals surface area contributed by atoms with Crippen molar-refractivity contribution < 1.29 is 19.1 Å². The molecule has 0 aliphatic rings. The molecule has 0 bridgehead atoms. The molecular weight excluding hydrogens is 496 g/mol. The van der Waals surface area contributed by atoms with Crippen LogP contribution in [0.25, 0.3) is 0 Å². The third-order valence-electron chi connectivity index (χ3n) is 8.03. The maximum Gasteiger partial charge on any atom is 0.305 e. The average molecular weight is 567 g/mol. The minimum absolute atomic E-state index is 0.0223. The number of rotatable bonds is 33. The van der Waals surface area contributed by atoms with E-state index in [2.05, 4.69) is 13.8 Å². The van der Waals surface area contributed by atoms with Crippen LogP contribution < -0.4 is 0 Å². The number of hydrogen-bond acceptors (Lipinski definition) is 4. The van der Waals surface area contributed by atoms with Gasteiger partial charge in [-0.15, -0.1) is 0 Å². The second kappa shape index (κ2) is 34.1. The molecule has 4 nitrogen and oxygen atoms in total. The predicted molar refractivity (Wildman–Crippen MR) is 172 cm³/mol. The summed E-state index contributed by atoms with van der Waals surface area (Å²) in [5.41, 5.74) is 0. The van der Waals surface area contributed by atoms with E-state index in [4.69, 9.17) is 9.47 Å². The molecule has 0 atom stereocenters. The summed E-state index contributed by atoms with van der Waals surface area (Å²) in [6.07, 6.45) is 36.2. The number of ether oxygens (including phenoxy) is 2. The Morgan fingerprint density at radius 1 is 0.325 bits per heavy atom. The Bertz CT molecular complexity index is 473. The van der Waals surface area contributed by atoms with Gasteiger partial charge in [-0.1, -0.05) is 168 Å². The third kappa shape index (κ3) is 33.1. The second-order valence-corrected chi connectivity index (χ2v) is 12.1. The maximum absolute atomic E-state index is 11.9. The van der Waals surface area contributed by atoms with Gasteiger partial charge in [0.1, 0.15) is 0 Å². The molecule has 0 rings (SSSR count). The molecule has 0 heterocycles. The smallest absolute Gasteiger partial charge is 0.305 e. The van der Waals surface area contributed by atoms with Gasteiger partial charge in [0.2, 0.25) is 0 Å². The molecule has 40 heavy (non-hydrogen) atoms. The highest BCUT2D eigenvalue weighted by Crippen LogP contribution is 2.14. The van der Waals surface area contributed by atoms with E-state index in [0.717, 1.165) is 64.2 Å². The lowest BCUT2D eigenvalue weighted by Gasteiger charge is -2.06. The lowest BCUT2D eigenvalue weighted by molar-refractivity contribution is -0.144. The van der Waals surface area contributed by atoms with Crippen LogP contribution in [-0.2, 0) is 19.1 Å². The van der Waals surface area contributed by atoms with Crippen LogP contribution in [0, 0.1) is 0 Å². The van der Waals surface area contributed by atoms with Crippen molar-refractivity contribution in [1.82, 2.24) is 0 Å². The molecule has 0 saturated heterocycles. The van der Waals surface area contributed by atoms with E-state index in [-0.39, 0.29) is 11.9 Å². The Morgan fingerprint density at radius 2 is 0.550 bits per heavy atom.